The van der Waals surface area contributed by atoms with Crippen LogP contribution in [0.5, 0.6) is 0 Å². The molecule has 5 heteroatoms. The number of carbonyl (C=O) groups excluding carboxylic acids is 1. The van der Waals surface area contributed by atoms with Gasteiger partial charge >= 0.3 is 5.69 Å². The molecule has 0 bridgehead atoms. The van der Waals surface area contributed by atoms with Crippen LogP contribution in [-0.2, 0) is 11.3 Å². The quantitative estimate of drug-likeness (QED) is 0.808. The van der Waals surface area contributed by atoms with Crippen LogP contribution < -0.4 is 11.0 Å². The number of aryl methyl sites for hydroxylation is 1. The lowest BCUT2D eigenvalue weighted by Crippen LogP contribution is -2.33. The molecule has 17 heavy (non-hydrogen) atoms. The van der Waals surface area contributed by atoms with Crippen molar-refractivity contribution in [1.29, 1.82) is 0 Å². The van der Waals surface area contributed by atoms with Crippen LogP contribution in [0.25, 0.3) is 0 Å². The van der Waals surface area contributed by atoms with Crippen molar-refractivity contribution in [3.63, 3.8) is 0 Å². The molecule has 0 saturated carbocycles. The van der Waals surface area contributed by atoms with Crippen molar-refractivity contribution in [2.75, 3.05) is 0 Å². The molecule has 0 aliphatic rings. The molecule has 0 aliphatic heterocycles. The standard InChI is InChI=1S/C12H21N3O2/c1-5-8(2)13-11(16)6-7-15-10(4)9(3)14-12(15)17/h8H,5-7H2,1-4H3,(H,13,16)(H,14,17). The lowest BCUT2D eigenvalue weighted by molar-refractivity contribution is -0.121. The van der Waals surface area contributed by atoms with E-state index in [0.717, 1.165) is 17.8 Å². The SMILES string of the molecule is CCC(C)NC(=O)CCn1c(C)c(C)[nH]c1=O. The van der Waals surface area contributed by atoms with E-state index in [1.807, 2.05) is 27.7 Å². The number of rotatable bonds is 5. The molecular formula is C12H21N3O2. The number of aromatic nitrogens is 2. The van der Waals surface area contributed by atoms with Gasteiger partial charge in [0.1, 0.15) is 0 Å². The second-order valence-electron chi connectivity index (χ2n) is 4.42. The number of aromatic amines is 1. The number of nitrogens with one attached hydrogen (secondary N) is 2. The highest BCUT2D eigenvalue weighted by molar-refractivity contribution is 5.76. The zero-order valence-electron chi connectivity index (χ0n) is 11.0. The Bertz CT molecular complexity index is 445. The summed E-state index contributed by atoms with van der Waals surface area (Å²) in [5.74, 6) is -0.00972. The molecule has 1 aromatic rings. The first kappa shape index (κ1) is 13.5. The van der Waals surface area contributed by atoms with Gasteiger partial charge in [0.05, 0.1) is 0 Å². The van der Waals surface area contributed by atoms with Gasteiger partial charge in [0.2, 0.25) is 5.91 Å². The van der Waals surface area contributed by atoms with Gasteiger partial charge in [-0.2, -0.15) is 0 Å². The summed E-state index contributed by atoms with van der Waals surface area (Å²) in [7, 11) is 0. The minimum Gasteiger partial charge on any atom is -0.354 e. The number of hydrogen-bond donors (Lipinski definition) is 2. The Morgan fingerprint density at radius 1 is 1.47 bits per heavy atom. The molecule has 0 aliphatic carbocycles. The van der Waals surface area contributed by atoms with Crippen molar-refractivity contribution >= 4 is 5.91 Å². The van der Waals surface area contributed by atoms with Crippen LogP contribution in [-0.4, -0.2) is 21.5 Å². The van der Waals surface area contributed by atoms with Crippen LogP contribution >= 0.6 is 0 Å². The molecule has 0 spiro atoms. The Labute approximate surface area is 101 Å². The average molecular weight is 239 g/mol. The van der Waals surface area contributed by atoms with Crippen molar-refractivity contribution in [1.82, 2.24) is 14.9 Å². The van der Waals surface area contributed by atoms with Gasteiger partial charge in [0.25, 0.3) is 0 Å². The molecule has 1 amide bonds. The van der Waals surface area contributed by atoms with Crippen LogP contribution in [0.1, 0.15) is 38.1 Å². The van der Waals surface area contributed by atoms with Crippen molar-refractivity contribution in [2.45, 2.75) is 53.1 Å². The van der Waals surface area contributed by atoms with Gasteiger partial charge in [-0.25, -0.2) is 4.79 Å². The Balaban J connectivity index is 2.56. The molecular weight excluding hydrogens is 218 g/mol. The van der Waals surface area contributed by atoms with Crippen LogP contribution in [0.15, 0.2) is 4.79 Å². The predicted octanol–water partition coefficient (Wildman–Crippen LogP) is 1.10. The highest BCUT2D eigenvalue weighted by atomic mass is 16.2. The molecule has 0 fully saturated rings. The summed E-state index contributed by atoms with van der Waals surface area (Å²) >= 11 is 0. The molecule has 1 unspecified atom stereocenters. The van der Waals surface area contributed by atoms with E-state index < -0.39 is 0 Å². The number of nitrogens with zero attached hydrogens (tertiary/aromatic N) is 1. The molecule has 5 nitrogen and oxygen atoms in total. The molecule has 1 heterocycles. The highest BCUT2D eigenvalue weighted by Crippen LogP contribution is 2.01. The molecule has 2 N–H and O–H groups in total. The third kappa shape index (κ3) is 3.47. The third-order valence-corrected chi connectivity index (χ3v) is 3.07. The fourth-order valence-corrected chi connectivity index (χ4v) is 1.60. The van der Waals surface area contributed by atoms with Gasteiger partial charge < -0.3 is 10.3 Å². The minimum absolute atomic E-state index is 0.00972. The monoisotopic (exact) mass is 239 g/mol. The summed E-state index contributed by atoms with van der Waals surface area (Å²) in [6, 6.07) is 0.188. The predicted molar refractivity (Wildman–Crippen MR) is 67.0 cm³/mol. The van der Waals surface area contributed by atoms with E-state index in [2.05, 4.69) is 10.3 Å². The summed E-state index contributed by atoms with van der Waals surface area (Å²) in [6.45, 7) is 8.15. The topological polar surface area (TPSA) is 66.9 Å². The van der Waals surface area contributed by atoms with E-state index in [4.69, 9.17) is 0 Å². The highest BCUT2D eigenvalue weighted by Gasteiger charge is 2.09. The Hall–Kier alpha value is -1.52. The zero-order valence-corrected chi connectivity index (χ0v) is 11.0. The molecule has 1 atom stereocenters. The van der Waals surface area contributed by atoms with E-state index >= 15 is 0 Å². The van der Waals surface area contributed by atoms with Crippen LogP contribution in [0.2, 0.25) is 0 Å². The number of amides is 1. The first-order valence-electron chi connectivity index (χ1n) is 6.01. The van der Waals surface area contributed by atoms with E-state index in [1.165, 1.54) is 0 Å². The van der Waals surface area contributed by atoms with E-state index in [0.29, 0.717) is 13.0 Å². The second kappa shape index (κ2) is 5.70. The van der Waals surface area contributed by atoms with E-state index in [1.54, 1.807) is 4.57 Å². The molecule has 1 rings (SSSR count). The average Bonchev–Trinajstić information content (AvgIpc) is 2.51. The molecule has 1 aromatic heterocycles. The Morgan fingerprint density at radius 2 is 2.12 bits per heavy atom. The van der Waals surface area contributed by atoms with Crippen molar-refractivity contribution in [2.24, 2.45) is 0 Å². The fourth-order valence-electron chi connectivity index (χ4n) is 1.60. The molecule has 96 valence electrons. The smallest absolute Gasteiger partial charge is 0.325 e. The van der Waals surface area contributed by atoms with Crippen molar-refractivity contribution in [3.8, 4) is 0 Å². The van der Waals surface area contributed by atoms with Gasteiger partial charge in [-0.05, 0) is 27.2 Å². The van der Waals surface area contributed by atoms with E-state index in [-0.39, 0.29) is 17.6 Å². The van der Waals surface area contributed by atoms with Crippen molar-refractivity contribution < 1.29 is 4.79 Å². The normalized spacial score (nSPS) is 12.5. The summed E-state index contributed by atoms with van der Waals surface area (Å²) in [5, 5.41) is 2.88. The summed E-state index contributed by atoms with van der Waals surface area (Å²) < 4.78 is 1.60. The molecule has 0 saturated heterocycles. The lowest BCUT2D eigenvalue weighted by Gasteiger charge is -2.11. The van der Waals surface area contributed by atoms with Gasteiger partial charge in [-0.1, -0.05) is 6.92 Å². The molecule has 0 radical (unpaired) electrons. The molecule has 0 aromatic carbocycles. The van der Waals surface area contributed by atoms with Crippen molar-refractivity contribution in [3.05, 3.63) is 21.9 Å². The maximum absolute atomic E-state index is 11.6. The summed E-state index contributed by atoms with van der Waals surface area (Å²) in [6.07, 6.45) is 1.25. The Morgan fingerprint density at radius 3 is 2.59 bits per heavy atom. The van der Waals surface area contributed by atoms with Gasteiger partial charge in [0.15, 0.2) is 0 Å². The first-order valence-corrected chi connectivity index (χ1v) is 6.01. The minimum atomic E-state index is -0.142. The fraction of sp³-hybridized carbons (Fsp3) is 0.667. The first-order chi connectivity index (χ1) is 7.95. The largest absolute Gasteiger partial charge is 0.354 e. The van der Waals surface area contributed by atoms with E-state index in [9.17, 15) is 9.59 Å². The van der Waals surface area contributed by atoms with Gasteiger partial charge in [0, 0.05) is 30.4 Å². The number of imidazole rings is 1. The van der Waals surface area contributed by atoms with Gasteiger partial charge in [-0.15, -0.1) is 0 Å². The number of carbonyl (C=O) groups is 1. The third-order valence-electron chi connectivity index (χ3n) is 3.07. The lowest BCUT2D eigenvalue weighted by atomic mass is 10.2. The van der Waals surface area contributed by atoms with Crippen LogP contribution in [0, 0.1) is 13.8 Å². The summed E-state index contributed by atoms with van der Waals surface area (Å²) in [4.78, 5) is 25.8. The van der Waals surface area contributed by atoms with Crippen LogP contribution in [0.4, 0.5) is 0 Å². The second-order valence-corrected chi connectivity index (χ2v) is 4.42. The number of H-pyrrole nitrogens is 1. The summed E-state index contributed by atoms with van der Waals surface area (Å²) in [5.41, 5.74) is 1.61. The zero-order chi connectivity index (χ0) is 13.0. The number of hydrogen-bond acceptors (Lipinski definition) is 2. The van der Waals surface area contributed by atoms with Crippen LogP contribution in [0.3, 0.4) is 0 Å². The maximum atomic E-state index is 11.6. The Kier molecular flexibility index (Phi) is 4.54. The maximum Gasteiger partial charge on any atom is 0.325 e. The van der Waals surface area contributed by atoms with Gasteiger partial charge in [-0.3, -0.25) is 9.36 Å².